The average molecular weight is 266 g/mol. The molecule has 1 unspecified atom stereocenters. The fourth-order valence-electron chi connectivity index (χ4n) is 2.23. The number of methoxy groups -OCH3 is 1. The summed E-state index contributed by atoms with van der Waals surface area (Å²) in [5.41, 5.74) is 0. The van der Waals surface area contributed by atoms with Gasteiger partial charge in [0.05, 0.1) is 13.7 Å². The molecule has 2 rings (SSSR count). The Balaban J connectivity index is 1.75. The molecule has 1 aliphatic rings. The van der Waals surface area contributed by atoms with E-state index in [0.717, 1.165) is 37.7 Å². The third-order valence-corrected chi connectivity index (χ3v) is 3.39. The Morgan fingerprint density at radius 2 is 2.05 bits per heavy atom. The fourth-order valence-corrected chi connectivity index (χ4v) is 2.23. The molecular weight excluding hydrogens is 244 g/mol. The molecule has 0 radical (unpaired) electrons. The number of piperazine rings is 1. The maximum atomic E-state index is 9.30. The van der Waals surface area contributed by atoms with E-state index in [1.54, 1.807) is 7.11 Å². The Morgan fingerprint density at radius 3 is 2.74 bits per heavy atom. The van der Waals surface area contributed by atoms with E-state index in [1.165, 1.54) is 0 Å². The molecule has 1 atom stereocenters. The molecule has 0 spiro atoms. The molecule has 0 amide bonds. The van der Waals surface area contributed by atoms with Crippen LogP contribution in [0.5, 0.6) is 11.5 Å². The topological polar surface area (TPSA) is 54.0 Å². The second-order valence-corrected chi connectivity index (χ2v) is 4.60. The van der Waals surface area contributed by atoms with Crippen molar-refractivity contribution in [2.45, 2.75) is 6.04 Å². The van der Waals surface area contributed by atoms with Crippen molar-refractivity contribution < 1.29 is 14.6 Å². The maximum absolute atomic E-state index is 9.30. The van der Waals surface area contributed by atoms with Crippen LogP contribution in [0, 0.1) is 0 Å². The lowest BCUT2D eigenvalue weighted by molar-refractivity contribution is 0.0868. The van der Waals surface area contributed by atoms with E-state index in [9.17, 15) is 5.11 Å². The SMILES string of the molecule is COc1ccc(OCCN2CCNCC2CO)cc1. The van der Waals surface area contributed by atoms with E-state index < -0.39 is 0 Å². The minimum atomic E-state index is 0.190. The minimum Gasteiger partial charge on any atom is -0.497 e. The predicted molar refractivity (Wildman–Crippen MR) is 73.8 cm³/mol. The van der Waals surface area contributed by atoms with Gasteiger partial charge in [0.25, 0.3) is 0 Å². The van der Waals surface area contributed by atoms with E-state index in [0.29, 0.717) is 6.61 Å². The molecule has 0 saturated carbocycles. The first-order chi connectivity index (χ1) is 9.33. The number of nitrogens with zero attached hydrogens (tertiary/aromatic N) is 1. The molecule has 5 heteroatoms. The number of benzene rings is 1. The van der Waals surface area contributed by atoms with Crippen LogP contribution in [0.1, 0.15) is 0 Å². The lowest BCUT2D eigenvalue weighted by atomic mass is 10.2. The monoisotopic (exact) mass is 266 g/mol. The first-order valence-electron chi connectivity index (χ1n) is 6.66. The molecule has 1 aliphatic heterocycles. The molecule has 1 fully saturated rings. The highest BCUT2D eigenvalue weighted by Crippen LogP contribution is 2.17. The summed E-state index contributed by atoms with van der Waals surface area (Å²) < 4.78 is 10.8. The molecule has 106 valence electrons. The maximum Gasteiger partial charge on any atom is 0.119 e. The van der Waals surface area contributed by atoms with Gasteiger partial charge in [0, 0.05) is 32.2 Å². The molecule has 1 aromatic rings. The number of rotatable bonds is 6. The van der Waals surface area contributed by atoms with Crippen molar-refractivity contribution in [3.8, 4) is 11.5 Å². The zero-order valence-electron chi connectivity index (χ0n) is 11.3. The zero-order chi connectivity index (χ0) is 13.5. The number of aliphatic hydroxyl groups is 1. The van der Waals surface area contributed by atoms with Gasteiger partial charge >= 0.3 is 0 Å². The molecule has 2 N–H and O–H groups in total. The molecule has 1 heterocycles. The quantitative estimate of drug-likeness (QED) is 0.777. The molecule has 19 heavy (non-hydrogen) atoms. The third-order valence-electron chi connectivity index (χ3n) is 3.39. The van der Waals surface area contributed by atoms with Crippen LogP contribution in [0.25, 0.3) is 0 Å². The first-order valence-corrected chi connectivity index (χ1v) is 6.66. The standard InChI is InChI=1S/C14H22N2O3/c1-18-13-2-4-14(5-3-13)19-9-8-16-7-6-15-10-12(16)11-17/h2-5,12,15,17H,6-11H2,1H3. The van der Waals surface area contributed by atoms with Crippen molar-refractivity contribution in [1.82, 2.24) is 10.2 Å². The van der Waals surface area contributed by atoms with Crippen LogP contribution in [-0.2, 0) is 0 Å². The van der Waals surface area contributed by atoms with E-state index in [4.69, 9.17) is 9.47 Å². The van der Waals surface area contributed by atoms with Crippen molar-refractivity contribution in [3.05, 3.63) is 24.3 Å². The Bertz CT molecular complexity index is 369. The summed E-state index contributed by atoms with van der Waals surface area (Å²) in [6.45, 7) is 4.42. The second-order valence-electron chi connectivity index (χ2n) is 4.60. The van der Waals surface area contributed by atoms with Crippen LogP contribution in [0.4, 0.5) is 0 Å². The van der Waals surface area contributed by atoms with E-state index in [1.807, 2.05) is 24.3 Å². The van der Waals surface area contributed by atoms with Crippen molar-refractivity contribution in [1.29, 1.82) is 0 Å². The van der Waals surface area contributed by atoms with Gasteiger partial charge in [0.15, 0.2) is 0 Å². The fraction of sp³-hybridized carbons (Fsp3) is 0.571. The van der Waals surface area contributed by atoms with Crippen LogP contribution in [0.3, 0.4) is 0 Å². The van der Waals surface area contributed by atoms with Gasteiger partial charge in [0.1, 0.15) is 18.1 Å². The van der Waals surface area contributed by atoms with E-state index in [-0.39, 0.29) is 12.6 Å². The van der Waals surface area contributed by atoms with E-state index in [2.05, 4.69) is 10.2 Å². The Kier molecular flexibility index (Phi) is 5.44. The second kappa shape index (κ2) is 7.33. The number of aliphatic hydroxyl groups excluding tert-OH is 1. The van der Waals surface area contributed by atoms with E-state index >= 15 is 0 Å². The lowest BCUT2D eigenvalue weighted by Crippen LogP contribution is -2.53. The Hall–Kier alpha value is -1.30. The molecule has 1 saturated heterocycles. The smallest absolute Gasteiger partial charge is 0.119 e. The van der Waals surface area contributed by atoms with Crippen LogP contribution < -0.4 is 14.8 Å². The van der Waals surface area contributed by atoms with Gasteiger partial charge in [-0.2, -0.15) is 0 Å². The molecule has 1 aromatic carbocycles. The van der Waals surface area contributed by atoms with Crippen molar-refractivity contribution in [2.24, 2.45) is 0 Å². The number of hydrogen-bond acceptors (Lipinski definition) is 5. The van der Waals surface area contributed by atoms with Gasteiger partial charge in [-0.15, -0.1) is 0 Å². The van der Waals surface area contributed by atoms with Crippen LogP contribution >= 0.6 is 0 Å². The average Bonchev–Trinajstić information content (AvgIpc) is 2.48. The summed E-state index contributed by atoms with van der Waals surface area (Å²) in [5, 5.41) is 12.6. The van der Waals surface area contributed by atoms with Crippen LogP contribution in [-0.4, -0.2) is 62.6 Å². The molecule has 5 nitrogen and oxygen atoms in total. The normalized spacial score (nSPS) is 20.2. The third kappa shape index (κ3) is 4.09. The van der Waals surface area contributed by atoms with Gasteiger partial charge in [0.2, 0.25) is 0 Å². The highest BCUT2D eigenvalue weighted by molar-refractivity contribution is 5.31. The highest BCUT2D eigenvalue weighted by atomic mass is 16.5. The Morgan fingerprint density at radius 1 is 1.32 bits per heavy atom. The summed E-state index contributed by atoms with van der Waals surface area (Å²) in [7, 11) is 1.65. The summed E-state index contributed by atoms with van der Waals surface area (Å²) in [6.07, 6.45) is 0. The summed E-state index contributed by atoms with van der Waals surface area (Å²) in [5.74, 6) is 1.67. The largest absolute Gasteiger partial charge is 0.497 e. The van der Waals surface area contributed by atoms with Gasteiger partial charge in [-0.05, 0) is 24.3 Å². The number of nitrogens with one attached hydrogen (secondary N) is 1. The van der Waals surface area contributed by atoms with Gasteiger partial charge < -0.3 is 19.9 Å². The number of hydrogen-bond donors (Lipinski definition) is 2. The van der Waals surface area contributed by atoms with Crippen LogP contribution in [0.15, 0.2) is 24.3 Å². The summed E-state index contributed by atoms with van der Waals surface area (Å²) >= 11 is 0. The van der Waals surface area contributed by atoms with Crippen LogP contribution in [0.2, 0.25) is 0 Å². The van der Waals surface area contributed by atoms with Gasteiger partial charge in [-0.3, -0.25) is 4.90 Å². The molecule has 0 bridgehead atoms. The van der Waals surface area contributed by atoms with Crippen molar-refractivity contribution in [2.75, 3.05) is 46.5 Å². The van der Waals surface area contributed by atoms with Crippen molar-refractivity contribution >= 4 is 0 Å². The van der Waals surface area contributed by atoms with Gasteiger partial charge in [-0.25, -0.2) is 0 Å². The molecule has 0 aliphatic carbocycles. The number of ether oxygens (including phenoxy) is 2. The zero-order valence-corrected chi connectivity index (χ0v) is 11.3. The van der Waals surface area contributed by atoms with Crippen molar-refractivity contribution in [3.63, 3.8) is 0 Å². The summed E-state index contributed by atoms with van der Waals surface area (Å²) in [4.78, 5) is 2.26. The molecular formula is C14H22N2O3. The summed E-state index contributed by atoms with van der Waals surface area (Å²) in [6, 6.07) is 7.78. The van der Waals surface area contributed by atoms with Gasteiger partial charge in [-0.1, -0.05) is 0 Å². The first kappa shape index (κ1) is 14.1. The highest BCUT2D eigenvalue weighted by Gasteiger charge is 2.20. The minimum absolute atomic E-state index is 0.190. The Labute approximate surface area is 114 Å². The molecule has 0 aromatic heterocycles. The lowest BCUT2D eigenvalue weighted by Gasteiger charge is -2.34. The predicted octanol–water partition coefficient (Wildman–Crippen LogP) is 0.340.